The van der Waals surface area contributed by atoms with Crippen molar-refractivity contribution < 1.29 is 24.2 Å². The molecule has 6 heteroatoms. The van der Waals surface area contributed by atoms with Crippen molar-refractivity contribution in [3.8, 4) is 5.75 Å². The smallest absolute Gasteiger partial charge is 0.335 e. The van der Waals surface area contributed by atoms with Crippen LogP contribution in [0.15, 0.2) is 18.2 Å². The van der Waals surface area contributed by atoms with Crippen LogP contribution in [0.1, 0.15) is 56.8 Å². The van der Waals surface area contributed by atoms with Crippen LogP contribution in [0.2, 0.25) is 0 Å². The molecule has 25 heavy (non-hydrogen) atoms. The maximum absolute atomic E-state index is 12.2. The number of ether oxygens (including phenoxy) is 2. The highest BCUT2D eigenvalue weighted by molar-refractivity contribution is 5.96. The minimum atomic E-state index is -1.06. The Bertz CT molecular complexity index is 614. The highest BCUT2D eigenvalue weighted by Crippen LogP contribution is 2.28. The summed E-state index contributed by atoms with van der Waals surface area (Å²) in [6, 6.07) is 4.42. The highest BCUT2D eigenvalue weighted by Gasteiger charge is 2.23. The van der Waals surface area contributed by atoms with Gasteiger partial charge in [-0.25, -0.2) is 4.79 Å². The van der Waals surface area contributed by atoms with E-state index < -0.39 is 5.97 Å². The van der Waals surface area contributed by atoms with E-state index in [0.717, 1.165) is 19.3 Å². The van der Waals surface area contributed by atoms with E-state index in [-0.39, 0.29) is 30.3 Å². The van der Waals surface area contributed by atoms with Crippen LogP contribution >= 0.6 is 0 Å². The van der Waals surface area contributed by atoms with E-state index in [1.807, 2.05) is 13.8 Å². The van der Waals surface area contributed by atoms with Gasteiger partial charge in [-0.2, -0.15) is 0 Å². The predicted octanol–water partition coefficient (Wildman–Crippen LogP) is 3.71. The van der Waals surface area contributed by atoms with Crippen LogP contribution in [-0.4, -0.2) is 35.8 Å². The molecule has 138 valence electrons. The molecule has 0 bridgehead atoms. The first kappa shape index (κ1) is 19.2. The lowest BCUT2D eigenvalue weighted by Gasteiger charge is -2.28. The Hall–Kier alpha value is -2.08. The molecule has 6 nitrogen and oxygen atoms in total. The third-order valence-electron chi connectivity index (χ3n) is 4.32. The molecule has 2 rings (SSSR count). The lowest BCUT2D eigenvalue weighted by molar-refractivity contribution is -0.124. The number of rotatable bonds is 7. The molecule has 1 fully saturated rings. The molecule has 0 aromatic heterocycles. The van der Waals surface area contributed by atoms with E-state index in [4.69, 9.17) is 14.6 Å². The number of carbonyl (C=O) groups excluding carboxylic acids is 1. The molecule has 2 unspecified atom stereocenters. The fraction of sp³-hybridized carbons (Fsp3) is 0.579. The Balaban J connectivity index is 2.02. The summed E-state index contributed by atoms with van der Waals surface area (Å²) in [5.74, 6) is -0.469. The van der Waals surface area contributed by atoms with Gasteiger partial charge in [-0.1, -0.05) is 19.8 Å². The van der Waals surface area contributed by atoms with Crippen molar-refractivity contribution in [3.05, 3.63) is 23.8 Å². The van der Waals surface area contributed by atoms with E-state index in [1.165, 1.54) is 18.6 Å². The van der Waals surface area contributed by atoms with Gasteiger partial charge in [-0.05, 0) is 50.8 Å². The number of anilines is 1. The number of carboxylic acid groups (broad SMARTS) is 1. The summed E-state index contributed by atoms with van der Waals surface area (Å²) in [4.78, 5) is 23.4. The molecule has 0 heterocycles. The molecule has 0 aliphatic heterocycles. The zero-order chi connectivity index (χ0) is 18.4. The van der Waals surface area contributed by atoms with Crippen molar-refractivity contribution in [1.29, 1.82) is 0 Å². The second kappa shape index (κ2) is 8.85. The second-order valence-electron chi connectivity index (χ2n) is 6.84. The minimum Gasteiger partial charge on any atom is -0.489 e. The van der Waals surface area contributed by atoms with E-state index in [1.54, 1.807) is 6.07 Å². The summed E-state index contributed by atoms with van der Waals surface area (Å²) in [5.41, 5.74) is 0.437. The van der Waals surface area contributed by atoms with E-state index in [0.29, 0.717) is 17.4 Å². The van der Waals surface area contributed by atoms with Gasteiger partial charge in [0.15, 0.2) is 0 Å². The molecule has 1 aliphatic rings. The molecule has 1 aromatic carbocycles. The van der Waals surface area contributed by atoms with Crippen molar-refractivity contribution in [3.63, 3.8) is 0 Å². The number of hydrogen-bond donors (Lipinski definition) is 2. The van der Waals surface area contributed by atoms with Crippen molar-refractivity contribution in [2.45, 2.75) is 58.7 Å². The fourth-order valence-corrected chi connectivity index (χ4v) is 3.02. The topological polar surface area (TPSA) is 84.9 Å². The van der Waals surface area contributed by atoms with Gasteiger partial charge < -0.3 is 19.9 Å². The van der Waals surface area contributed by atoms with Crippen LogP contribution < -0.4 is 10.1 Å². The summed E-state index contributed by atoms with van der Waals surface area (Å²) in [6.07, 6.45) is 4.46. The van der Waals surface area contributed by atoms with E-state index >= 15 is 0 Å². The van der Waals surface area contributed by atoms with Crippen molar-refractivity contribution in [2.24, 2.45) is 5.92 Å². The predicted molar refractivity (Wildman–Crippen MR) is 95.2 cm³/mol. The molecule has 1 aromatic rings. The third-order valence-corrected chi connectivity index (χ3v) is 4.32. The molecule has 2 N–H and O–H groups in total. The fourth-order valence-electron chi connectivity index (χ4n) is 3.02. The maximum Gasteiger partial charge on any atom is 0.335 e. The lowest BCUT2D eigenvalue weighted by atomic mass is 9.88. The monoisotopic (exact) mass is 349 g/mol. The Morgan fingerprint density at radius 3 is 2.64 bits per heavy atom. The molecule has 0 radical (unpaired) electrons. The largest absolute Gasteiger partial charge is 0.489 e. The van der Waals surface area contributed by atoms with Crippen molar-refractivity contribution >= 4 is 17.6 Å². The number of amides is 1. The first-order valence-electron chi connectivity index (χ1n) is 8.82. The van der Waals surface area contributed by atoms with Gasteiger partial charge in [0.25, 0.3) is 0 Å². The van der Waals surface area contributed by atoms with E-state index in [9.17, 15) is 9.59 Å². The number of aromatic carboxylic acids is 1. The average Bonchev–Trinajstić information content (AvgIpc) is 2.55. The zero-order valence-corrected chi connectivity index (χ0v) is 15.1. The van der Waals surface area contributed by atoms with E-state index in [2.05, 4.69) is 12.2 Å². The number of benzene rings is 1. The molecule has 2 atom stereocenters. The maximum atomic E-state index is 12.2. The number of hydrogen-bond acceptors (Lipinski definition) is 4. The first-order chi connectivity index (χ1) is 11.9. The molecule has 0 spiro atoms. The van der Waals surface area contributed by atoms with Crippen LogP contribution in [0.3, 0.4) is 0 Å². The summed E-state index contributed by atoms with van der Waals surface area (Å²) < 4.78 is 11.4. The number of carboxylic acids is 1. The Morgan fingerprint density at radius 1 is 1.28 bits per heavy atom. The van der Waals surface area contributed by atoms with Crippen molar-refractivity contribution in [2.75, 3.05) is 11.9 Å². The standard InChI is InChI=1S/C19H27NO5/c1-12(2)25-17-9-8-14(19(22)23)10-15(17)20-18(21)11-24-16-7-5-4-6-13(16)3/h8-10,12-13,16H,4-7,11H2,1-3H3,(H,20,21)(H,22,23). The molecular weight excluding hydrogens is 322 g/mol. The summed E-state index contributed by atoms with van der Waals surface area (Å²) >= 11 is 0. The second-order valence-corrected chi connectivity index (χ2v) is 6.84. The minimum absolute atomic E-state index is 0.0482. The van der Waals surface area contributed by atoms with Gasteiger partial charge >= 0.3 is 5.97 Å². The SMILES string of the molecule is CC(C)Oc1ccc(C(=O)O)cc1NC(=O)COC1CCCCC1C. The van der Waals surface area contributed by atoms with Crippen LogP contribution in [0.25, 0.3) is 0 Å². The van der Waals surface area contributed by atoms with Crippen LogP contribution in [0, 0.1) is 5.92 Å². The zero-order valence-electron chi connectivity index (χ0n) is 15.1. The van der Waals surface area contributed by atoms with Gasteiger partial charge in [-0.3, -0.25) is 4.79 Å². The normalized spacial score (nSPS) is 20.3. The van der Waals surface area contributed by atoms with Crippen LogP contribution in [-0.2, 0) is 9.53 Å². The summed E-state index contributed by atoms with van der Waals surface area (Å²) in [6.45, 7) is 5.83. The van der Waals surface area contributed by atoms with Crippen molar-refractivity contribution in [1.82, 2.24) is 0 Å². The number of carbonyl (C=O) groups is 2. The quantitative estimate of drug-likeness (QED) is 0.784. The summed E-state index contributed by atoms with van der Waals surface area (Å²) in [5, 5.41) is 11.9. The Kier molecular flexibility index (Phi) is 6.82. The van der Waals surface area contributed by atoms with Gasteiger partial charge in [0, 0.05) is 0 Å². The van der Waals surface area contributed by atoms with Gasteiger partial charge in [0.05, 0.1) is 23.5 Å². The van der Waals surface area contributed by atoms with Crippen LogP contribution in [0.4, 0.5) is 5.69 Å². The summed E-state index contributed by atoms with van der Waals surface area (Å²) in [7, 11) is 0. The molecule has 1 aliphatic carbocycles. The Labute approximate surface area is 148 Å². The van der Waals surface area contributed by atoms with Gasteiger partial charge in [-0.15, -0.1) is 0 Å². The lowest BCUT2D eigenvalue weighted by Crippen LogP contribution is -2.30. The van der Waals surface area contributed by atoms with Gasteiger partial charge in [0.1, 0.15) is 12.4 Å². The van der Waals surface area contributed by atoms with Gasteiger partial charge in [0.2, 0.25) is 5.91 Å². The average molecular weight is 349 g/mol. The number of nitrogens with one attached hydrogen (secondary N) is 1. The third kappa shape index (κ3) is 5.74. The Morgan fingerprint density at radius 2 is 2.00 bits per heavy atom. The van der Waals surface area contributed by atoms with Crippen LogP contribution in [0.5, 0.6) is 5.75 Å². The molecule has 1 amide bonds. The molecular formula is C19H27NO5. The highest BCUT2D eigenvalue weighted by atomic mass is 16.5. The molecule has 0 saturated heterocycles. The molecule has 1 saturated carbocycles. The first-order valence-corrected chi connectivity index (χ1v) is 8.82.